The third-order valence-corrected chi connectivity index (χ3v) is 2.66. The highest BCUT2D eigenvalue weighted by Gasteiger charge is 2.23. The average molecular weight is 172 g/mol. The maximum atomic E-state index is 10.6. The Labute approximate surface area is 72.4 Å². The van der Waals surface area contributed by atoms with Gasteiger partial charge in [-0.15, -0.1) is 0 Å². The Balaban J connectivity index is 2.30. The lowest BCUT2D eigenvalue weighted by molar-refractivity contribution is -0.143. The third-order valence-electron chi connectivity index (χ3n) is 2.66. The standard InChI is InChI=1S/C9H16O3/c10-6-8(9(11)12)5-7-3-1-2-4-7/h7-8,10H,1-6H2,(H,11,12)/t8-/m1/s1. The number of carboxylic acid groups (broad SMARTS) is 1. The van der Waals surface area contributed by atoms with Crippen LogP contribution in [0, 0.1) is 11.8 Å². The lowest BCUT2D eigenvalue weighted by Crippen LogP contribution is -2.20. The summed E-state index contributed by atoms with van der Waals surface area (Å²) in [5, 5.41) is 17.4. The smallest absolute Gasteiger partial charge is 0.308 e. The van der Waals surface area contributed by atoms with Crippen molar-refractivity contribution in [1.29, 1.82) is 0 Å². The van der Waals surface area contributed by atoms with Gasteiger partial charge in [0.25, 0.3) is 0 Å². The van der Waals surface area contributed by atoms with E-state index in [1.807, 2.05) is 0 Å². The molecule has 12 heavy (non-hydrogen) atoms. The summed E-state index contributed by atoms with van der Waals surface area (Å²) < 4.78 is 0. The molecule has 1 rings (SSSR count). The van der Waals surface area contributed by atoms with Crippen molar-refractivity contribution < 1.29 is 15.0 Å². The van der Waals surface area contributed by atoms with E-state index in [9.17, 15) is 4.79 Å². The fraction of sp³-hybridized carbons (Fsp3) is 0.889. The Morgan fingerprint density at radius 1 is 1.42 bits per heavy atom. The van der Waals surface area contributed by atoms with E-state index in [0.29, 0.717) is 12.3 Å². The van der Waals surface area contributed by atoms with Gasteiger partial charge in [-0.25, -0.2) is 0 Å². The van der Waals surface area contributed by atoms with E-state index in [1.54, 1.807) is 0 Å². The molecule has 1 aliphatic carbocycles. The van der Waals surface area contributed by atoms with Crippen LogP contribution in [0.2, 0.25) is 0 Å². The first-order valence-electron chi connectivity index (χ1n) is 4.57. The maximum absolute atomic E-state index is 10.6. The van der Waals surface area contributed by atoms with Gasteiger partial charge >= 0.3 is 5.97 Å². The molecule has 0 unspecified atom stereocenters. The van der Waals surface area contributed by atoms with Crippen molar-refractivity contribution in [3.63, 3.8) is 0 Å². The van der Waals surface area contributed by atoms with Gasteiger partial charge in [0.05, 0.1) is 12.5 Å². The molecule has 3 heteroatoms. The van der Waals surface area contributed by atoms with Crippen LogP contribution in [-0.4, -0.2) is 22.8 Å². The van der Waals surface area contributed by atoms with Gasteiger partial charge in [-0.1, -0.05) is 25.7 Å². The Kier molecular flexibility index (Phi) is 3.53. The zero-order valence-electron chi connectivity index (χ0n) is 7.20. The molecule has 1 atom stereocenters. The number of carbonyl (C=O) groups is 1. The molecule has 3 nitrogen and oxygen atoms in total. The topological polar surface area (TPSA) is 57.5 Å². The predicted molar refractivity (Wildman–Crippen MR) is 44.8 cm³/mol. The number of aliphatic hydroxyl groups excluding tert-OH is 1. The summed E-state index contributed by atoms with van der Waals surface area (Å²) in [4.78, 5) is 10.6. The van der Waals surface area contributed by atoms with Crippen molar-refractivity contribution in [3.8, 4) is 0 Å². The molecule has 0 spiro atoms. The molecular weight excluding hydrogens is 156 g/mol. The summed E-state index contributed by atoms with van der Waals surface area (Å²) in [6.07, 6.45) is 5.39. The van der Waals surface area contributed by atoms with Crippen molar-refractivity contribution in [2.75, 3.05) is 6.61 Å². The van der Waals surface area contributed by atoms with E-state index in [2.05, 4.69) is 0 Å². The molecule has 0 heterocycles. The number of aliphatic carboxylic acids is 1. The Morgan fingerprint density at radius 2 is 2.00 bits per heavy atom. The minimum Gasteiger partial charge on any atom is -0.481 e. The van der Waals surface area contributed by atoms with Gasteiger partial charge in [0.15, 0.2) is 0 Å². The Hall–Kier alpha value is -0.570. The van der Waals surface area contributed by atoms with E-state index >= 15 is 0 Å². The molecule has 0 aromatic heterocycles. The number of rotatable bonds is 4. The van der Waals surface area contributed by atoms with E-state index in [-0.39, 0.29) is 6.61 Å². The first-order valence-corrected chi connectivity index (χ1v) is 4.57. The van der Waals surface area contributed by atoms with Crippen LogP contribution in [-0.2, 0) is 4.79 Å². The summed E-state index contributed by atoms with van der Waals surface area (Å²) in [6, 6.07) is 0. The molecule has 1 aliphatic rings. The van der Waals surface area contributed by atoms with Crippen LogP contribution in [0.15, 0.2) is 0 Å². The lowest BCUT2D eigenvalue weighted by Gasteiger charge is -2.13. The largest absolute Gasteiger partial charge is 0.481 e. The molecule has 1 fully saturated rings. The molecule has 70 valence electrons. The SMILES string of the molecule is O=C(O)[C@@H](CO)CC1CCCC1. The van der Waals surface area contributed by atoms with Gasteiger partial charge < -0.3 is 10.2 Å². The van der Waals surface area contributed by atoms with Crippen LogP contribution >= 0.6 is 0 Å². The van der Waals surface area contributed by atoms with Crippen molar-refractivity contribution in [1.82, 2.24) is 0 Å². The fourth-order valence-corrected chi connectivity index (χ4v) is 1.90. The summed E-state index contributed by atoms with van der Waals surface area (Å²) in [7, 11) is 0. The number of hydrogen-bond donors (Lipinski definition) is 2. The molecule has 0 aromatic rings. The molecule has 0 amide bonds. The van der Waals surface area contributed by atoms with E-state index < -0.39 is 11.9 Å². The fourth-order valence-electron chi connectivity index (χ4n) is 1.90. The number of hydrogen-bond acceptors (Lipinski definition) is 2. The first kappa shape index (κ1) is 9.52. The molecule has 0 saturated heterocycles. The third kappa shape index (κ3) is 2.48. The van der Waals surface area contributed by atoms with Crippen LogP contribution in [0.5, 0.6) is 0 Å². The lowest BCUT2D eigenvalue weighted by atomic mass is 9.94. The zero-order valence-corrected chi connectivity index (χ0v) is 7.20. The number of carboxylic acids is 1. The molecule has 0 bridgehead atoms. The van der Waals surface area contributed by atoms with E-state index in [4.69, 9.17) is 10.2 Å². The van der Waals surface area contributed by atoms with Gasteiger partial charge in [-0.2, -0.15) is 0 Å². The molecule has 2 N–H and O–H groups in total. The molecular formula is C9H16O3. The molecule has 0 aliphatic heterocycles. The highest BCUT2D eigenvalue weighted by molar-refractivity contribution is 5.70. The van der Waals surface area contributed by atoms with Crippen LogP contribution < -0.4 is 0 Å². The quantitative estimate of drug-likeness (QED) is 0.671. The van der Waals surface area contributed by atoms with Crippen LogP contribution in [0.4, 0.5) is 0 Å². The Morgan fingerprint density at radius 3 is 2.42 bits per heavy atom. The molecule has 0 aromatic carbocycles. The van der Waals surface area contributed by atoms with Crippen LogP contribution in [0.1, 0.15) is 32.1 Å². The summed E-state index contributed by atoms with van der Waals surface area (Å²) in [6.45, 7) is -0.216. The van der Waals surface area contributed by atoms with Crippen molar-refractivity contribution in [2.24, 2.45) is 11.8 Å². The van der Waals surface area contributed by atoms with Crippen molar-refractivity contribution in [2.45, 2.75) is 32.1 Å². The minimum absolute atomic E-state index is 0.216. The first-order chi connectivity index (χ1) is 5.74. The summed E-state index contributed by atoms with van der Waals surface area (Å²) >= 11 is 0. The molecule has 0 radical (unpaired) electrons. The highest BCUT2D eigenvalue weighted by Crippen LogP contribution is 2.30. The van der Waals surface area contributed by atoms with Gasteiger partial charge in [0.1, 0.15) is 0 Å². The second-order valence-corrected chi connectivity index (χ2v) is 3.60. The second-order valence-electron chi connectivity index (χ2n) is 3.60. The van der Waals surface area contributed by atoms with E-state index in [0.717, 1.165) is 12.8 Å². The van der Waals surface area contributed by atoms with E-state index in [1.165, 1.54) is 12.8 Å². The Bertz CT molecular complexity index is 150. The van der Waals surface area contributed by atoms with Gasteiger partial charge in [-0.3, -0.25) is 4.79 Å². The average Bonchev–Trinajstić information content (AvgIpc) is 2.51. The maximum Gasteiger partial charge on any atom is 0.308 e. The summed E-state index contributed by atoms with van der Waals surface area (Å²) in [5.41, 5.74) is 0. The van der Waals surface area contributed by atoms with Gasteiger partial charge in [-0.05, 0) is 12.3 Å². The predicted octanol–water partition coefficient (Wildman–Crippen LogP) is 1.26. The molecule has 1 saturated carbocycles. The second kappa shape index (κ2) is 4.45. The monoisotopic (exact) mass is 172 g/mol. The van der Waals surface area contributed by atoms with Gasteiger partial charge in [0, 0.05) is 0 Å². The number of aliphatic hydroxyl groups is 1. The van der Waals surface area contributed by atoms with Crippen LogP contribution in [0.25, 0.3) is 0 Å². The minimum atomic E-state index is -0.857. The van der Waals surface area contributed by atoms with Crippen molar-refractivity contribution >= 4 is 5.97 Å². The van der Waals surface area contributed by atoms with Crippen molar-refractivity contribution in [3.05, 3.63) is 0 Å². The van der Waals surface area contributed by atoms with Gasteiger partial charge in [0.2, 0.25) is 0 Å². The summed E-state index contributed by atoms with van der Waals surface area (Å²) in [5.74, 6) is -0.851. The normalized spacial score (nSPS) is 21.1. The van der Waals surface area contributed by atoms with Crippen LogP contribution in [0.3, 0.4) is 0 Å². The highest BCUT2D eigenvalue weighted by atomic mass is 16.4. The zero-order chi connectivity index (χ0) is 8.97.